The zero-order valence-corrected chi connectivity index (χ0v) is 36.1. The molecule has 0 unspecified atom stereocenters. The summed E-state index contributed by atoms with van der Waals surface area (Å²) in [5.74, 6) is 0. The second-order valence-electron chi connectivity index (χ2n) is 9.89. The van der Waals surface area contributed by atoms with E-state index in [-0.39, 0.29) is 0 Å². The van der Waals surface area contributed by atoms with Gasteiger partial charge in [-0.3, -0.25) is 0 Å². The van der Waals surface area contributed by atoms with E-state index < -0.39 is 61.1 Å². The maximum atomic E-state index is 8.91. The maximum Gasteiger partial charge on any atom is 0.490 e. The van der Waals surface area contributed by atoms with E-state index in [0.717, 1.165) is 0 Å². The molecule has 0 radical (unpaired) electrons. The van der Waals surface area contributed by atoms with Crippen molar-refractivity contribution in [1.82, 2.24) is 0 Å². The molecular weight excluding hydrogens is 677 g/mol. The van der Waals surface area contributed by atoms with Crippen LogP contribution < -0.4 is 0 Å². The van der Waals surface area contributed by atoms with Crippen molar-refractivity contribution in [3.8, 4) is 0 Å². The van der Waals surface area contributed by atoms with Crippen molar-refractivity contribution in [3.63, 3.8) is 0 Å². The molecule has 0 aliphatic heterocycles. The highest BCUT2D eigenvalue weighted by Gasteiger charge is 2.57. The van der Waals surface area contributed by atoms with Gasteiger partial charge in [-0.1, -0.05) is 0 Å². The highest BCUT2D eigenvalue weighted by atomic mass is 28.5. The smallest absolute Gasteiger partial charge is 0.398 e. The summed E-state index contributed by atoms with van der Waals surface area (Å²) in [4.78, 5) is 17.8. The molecule has 42 heavy (non-hydrogen) atoms. The van der Waals surface area contributed by atoms with Gasteiger partial charge >= 0.3 is 61.1 Å². The number of rotatable bonds is 19. The second-order valence-corrected chi connectivity index (χ2v) is 31.0. The molecule has 0 atom stereocenters. The van der Waals surface area contributed by atoms with Gasteiger partial charge in [0.25, 0.3) is 0 Å². The molecule has 0 aromatic rings. The summed E-state index contributed by atoms with van der Waals surface area (Å²) >= 11 is 0. The first kappa shape index (κ1) is 47.3. The van der Waals surface area contributed by atoms with Crippen molar-refractivity contribution in [1.29, 1.82) is 0 Å². The Balaban J connectivity index is -0.000000727. The quantitative estimate of drug-likeness (QED) is 0.186. The Hall–Kier alpha value is 0.918. The van der Waals surface area contributed by atoms with Crippen LogP contribution >= 0.6 is 0 Å². The van der Waals surface area contributed by atoms with Gasteiger partial charge in [0.15, 0.2) is 0 Å². The van der Waals surface area contributed by atoms with Crippen LogP contribution in [-0.4, -0.2) is 134 Å². The topological polar surface area (TPSA) is 160 Å². The van der Waals surface area contributed by atoms with Crippen LogP contribution in [0.5, 0.6) is 0 Å². The lowest BCUT2D eigenvalue weighted by Crippen LogP contribution is -2.65. The van der Waals surface area contributed by atoms with E-state index in [1.54, 1.807) is 53.5 Å². The minimum atomic E-state index is -3.38. The Morgan fingerprint density at radius 2 is 0.667 bits per heavy atom. The van der Waals surface area contributed by atoms with Gasteiger partial charge in [0.05, 0.1) is 0 Å². The summed E-state index contributed by atoms with van der Waals surface area (Å²) in [5, 5.41) is 0. The molecule has 0 amide bonds. The average molecular weight is 737 g/mol. The zero-order valence-electron chi connectivity index (χ0n) is 29.1. The molecule has 0 aromatic heterocycles. The molecule has 258 valence electrons. The highest BCUT2D eigenvalue weighted by Crippen LogP contribution is 2.27. The second kappa shape index (κ2) is 20.9. The van der Waals surface area contributed by atoms with Crippen molar-refractivity contribution < 1.29 is 65.9 Å². The molecule has 0 saturated carbocycles. The predicted molar refractivity (Wildman–Crippen MR) is 174 cm³/mol. The van der Waals surface area contributed by atoms with E-state index in [1.165, 1.54) is 42.1 Å². The first-order valence-electron chi connectivity index (χ1n) is 13.3. The highest BCUT2D eigenvalue weighted by molar-refractivity contribution is 6.84. The van der Waals surface area contributed by atoms with Crippen molar-refractivity contribution in [2.75, 3.05) is 63.0 Å². The monoisotopic (exact) mass is 736 g/mol. The van der Waals surface area contributed by atoms with E-state index in [4.69, 9.17) is 65.9 Å². The van der Waals surface area contributed by atoms with Crippen LogP contribution in [0.3, 0.4) is 0 Å². The zero-order chi connectivity index (χ0) is 34.1. The van der Waals surface area contributed by atoms with E-state index in [0.29, 0.717) is 13.2 Å². The lowest BCUT2D eigenvalue weighted by molar-refractivity contribution is 0.0589. The lowest BCUT2D eigenvalue weighted by Gasteiger charge is -2.40. The fourth-order valence-electron chi connectivity index (χ4n) is 2.62. The third-order valence-corrected chi connectivity index (χ3v) is 25.3. The Bertz CT molecular complexity index is 661. The Morgan fingerprint density at radius 3 is 0.833 bits per heavy atom. The Labute approximate surface area is 262 Å². The van der Waals surface area contributed by atoms with E-state index in [1.807, 2.05) is 26.9 Å². The average Bonchev–Trinajstić information content (AvgIpc) is 2.87. The lowest BCUT2D eigenvalue weighted by atomic mass is 10.9. The SMILES string of the molecule is CCO[Si](C)(OCC)O[Si](C)(O[Si](C)(OC)OC)O[Si](C)(OC)OC.CO[Si](C)(C)OC.CO[Si](C)(C)O[Si](C)(O)O. The molecule has 0 fully saturated rings. The summed E-state index contributed by atoms with van der Waals surface area (Å²) in [7, 11) is -8.65. The fourth-order valence-corrected chi connectivity index (χ4v) is 19.8. The Morgan fingerprint density at radius 1 is 0.381 bits per heavy atom. The van der Waals surface area contributed by atoms with Crippen molar-refractivity contribution in [3.05, 3.63) is 0 Å². The van der Waals surface area contributed by atoms with Gasteiger partial charge in [-0.25, -0.2) is 0 Å². The van der Waals surface area contributed by atoms with Gasteiger partial charge in [-0.05, 0) is 40.0 Å². The van der Waals surface area contributed by atoms with E-state index in [9.17, 15) is 0 Å². The normalized spacial score (nSPS) is 13.7. The summed E-state index contributed by atoms with van der Waals surface area (Å²) in [5.41, 5.74) is 0. The third-order valence-electron chi connectivity index (χ3n) is 5.32. The number of hydrogen-bond donors (Lipinski definition) is 2. The molecule has 0 bridgehead atoms. The fraction of sp³-hybridized carbons (Fsp3) is 1.00. The van der Waals surface area contributed by atoms with Crippen LogP contribution in [0.15, 0.2) is 0 Å². The summed E-state index contributed by atoms with van der Waals surface area (Å²) in [6, 6.07) is 0. The molecule has 15 nitrogen and oxygen atoms in total. The van der Waals surface area contributed by atoms with Crippen molar-refractivity contribution in [2.24, 2.45) is 0 Å². The molecule has 0 rings (SSSR count). The minimum Gasteiger partial charge on any atom is -0.398 e. The van der Waals surface area contributed by atoms with Gasteiger partial charge in [0.2, 0.25) is 0 Å². The van der Waals surface area contributed by atoms with Crippen molar-refractivity contribution in [2.45, 2.75) is 72.8 Å². The molecular formula is C20H60O15Si7. The first-order valence-corrected chi connectivity index (χ1v) is 30.1. The molecule has 22 heteroatoms. The molecule has 0 aliphatic carbocycles. The van der Waals surface area contributed by atoms with Gasteiger partial charge in [0, 0.05) is 95.7 Å². The predicted octanol–water partition coefficient (Wildman–Crippen LogP) is 2.86. The van der Waals surface area contributed by atoms with Gasteiger partial charge in [-0.2, -0.15) is 0 Å². The van der Waals surface area contributed by atoms with Gasteiger partial charge < -0.3 is 65.9 Å². The minimum absolute atomic E-state index is 0.444. The van der Waals surface area contributed by atoms with Crippen molar-refractivity contribution >= 4 is 61.1 Å². The molecule has 0 heterocycles. The summed E-state index contributed by atoms with van der Waals surface area (Å²) < 4.78 is 71.7. The van der Waals surface area contributed by atoms with Gasteiger partial charge in [-0.15, -0.1) is 0 Å². The molecule has 0 aromatic carbocycles. The third kappa shape index (κ3) is 22.4. The van der Waals surface area contributed by atoms with Gasteiger partial charge in [0.1, 0.15) is 0 Å². The van der Waals surface area contributed by atoms with E-state index >= 15 is 0 Å². The van der Waals surface area contributed by atoms with Crippen LogP contribution in [0.2, 0.25) is 58.9 Å². The first-order chi connectivity index (χ1) is 18.9. The van der Waals surface area contributed by atoms with Crippen LogP contribution in [0.1, 0.15) is 13.8 Å². The number of hydrogen-bond acceptors (Lipinski definition) is 15. The molecule has 0 aliphatic rings. The molecule has 0 spiro atoms. The largest absolute Gasteiger partial charge is 0.490 e. The van der Waals surface area contributed by atoms with Crippen LogP contribution in [0.4, 0.5) is 0 Å². The van der Waals surface area contributed by atoms with Crippen LogP contribution in [0, 0.1) is 0 Å². The summed E-state index contributed by atoms with van der Waals surface area (Å²) in [6.45, 7) is 20.5. The summed E-state index contributed by atoms with van der Waals surface area (Å²) in [6.07, 6.45) is 0. The van der Waals surface area contributed by atoms with E-state index in [2.05, 4.69) is 0 Å². The Kier molecular flexibility index (Phi) is 23.6. The molecule has 0 saturated heterocycles. The standard InChI is InChI=1S/C12H34O9Si4.C4H14O4Si2.C4H12O2Si/c1-11-17-24(9,18-12-2)21-25(10,19-22(7,13-3)14-4)20-23(8,15-5)16-6;1-7-9(2,3)8-10(4,5)6;1-5-7(3,4)6-2/h11-12H2,1-10H3;5-6H,1-4H3;1-4H3. The maximum absolute atomic E-state index is 8.91. The molecule has 2 N–H and O–H groups in total. The van der Waals surface area contributed by atoms with Crippen LogP contribution in [0.25, 0.3) is 0 Å². The van der Waals surface area contributed by atoms with Crippen LogP contribution in [-0.2, 0) is 56.3 Å².